The highest BCUT2D eigenvalue weighted by molar-refractivity contribution is 5.04. The number of nitrogens with one attached hydrogen (secondary N) is 1. The zero-order valence-electron chi connectivity index (χ0n) is 7.84. The second kappa shape index (κ2) is 3.00. The van der Waals surface area contributed by atoms with Gasteiger partial charge in [0.15, 0.2) is 0 Å². The molecule has 0 spiro atoms. The highest BCUT2D eigenvalue weighted by Crippen LogP contribution is 2.45. The largest absolute Gasteiger partial charge is 0.388 e. The van der Waals surface area contributed by atoms with Gasteiger partial charge in [0.2, 0.25) is 0 Å². The van der Waals surface area contributed by atoms with Gasteiger partial charge >= 0.3 is 0 Å². The number of hydrogen-bond donors (Lipinski definition) is 2. The summed E-state index contributed by atoms with van der Waals surface area (Å²) < 4.78 is 0. The maximum Gasteiger partial charge on any atom is 0.0802 e. The Kier molecular flexibility index (Phi) is 2.13. The third kappa shape index (κ3) is 1.17. The number of fused-ring (bicyclic) bond motifs is 2. The first kappa shape index (κ1) is 8.52. The lowest BCUT2D eigenvalue weighted by atomic mass is 9.81. The molecule has 70 valence electrons. The van der Waals surface area contributed by atoms with Gasteiger partial charge in [0.25, 0.3) is 0 Å². The van der Waals surface area contributed by atoms with E-state index in [4.69, 9.17) is 0 Å². The summed E-state index contributed by atoms with van der Waals surface area (Å²) in [5.74, 6) is 0.753. The Labute approximate surface area is 74.4 Å². The van der Waals surface area contributed by atoms with Crippen LogP contribution in [0.1, 0.15) is 39.0 Å². The van der Waals surface area contributed by atoms with Crippen molar-refractivity contribution in [2.75, 3.05) is 6.54 Å². The summed E-state index contributed by atoms with van der Waals surface area (Å²) in [6, 6.07) is 0.399. The predicted octanol–water partition coefficient (Wildman–Crippen LogP) is 1.29. The fourth-order valence-corrected chi connectivity index (χ4v) is 3.03. The van der Waals surface area contributed by atoms with E-state index in [0.29, 0.717) is 6.04 Å². The van der Waals surface area contributed by atoms with Crippen molar-refractivity contribution in [3.63, 3.8) is 0 Å². The fourth-order valence-electron chi connectivity index (χ4n) is 3.03. The molecule has 3 unspecified atom stereocenters. The van der Waals surface area contributed by atoms with Crippen molar-refractivity contribution in [2.24, 2.45) is 5.92 Å². The lowest BCUT2D eigenvalue weighted by Gasteiger charge is -2.37. The summed E-state index contributed by atoms with van der Waals surface area (Å²) in [6.07, 6.45) is 5.81. The molecule has 0 aromatic heterocycles. The van der Waals surface area contributed by atoms with Crippen molar-refractivity contribution in [3.8, 4) is 0 Å². The van der Waals surface area contributed by atoms with Crippen molar-refractivity contribution in [1.29, 1.82) is 0 Å². The maximum atomic E-state index is 10.3. The molecule has 0 aromatic rings. The number of hydrogen-bond acceptors (Lipinski definition) is 2. The molecule has 2 N–H and O–H groups in total. The molecule has 12 heavy (non-hydrogen) atoms. The van der Waals surface area contributed by atoms with E-state index in [9.17, 15) is 5.11 Å². The second-order valence-electron chi connectivity index (χ2n) is 4.33. The van der Waals surface area contributed by atoms with E-state index >= 15 is 0 Å². The summed E-state index contributed by atoms with van der Waals surface area (Å²) >= 11 is 0. The van der Waals surface area contributed by atoms with Gasteiger partial charge in [0, 0.05) is 6.04 Å². The van der Waals surface area contributed by atoms with Gasteiger partial charge in [-0.25, -0.2) is 0 Å². The SMILES string of the molecule is CCNC1C2CCCC1(O)CC2. The number of rotatable bonds is 2. The Balaban J connectivity index is 2.10. The highest BCUT2D eigenvalue weighted by Gasteiger charge is 2.48. The molecule has 0 amide bonds. The van der Waals surface area contributed by atoms with Crippen LogP contribution in [0.15, 0.2) is 0 Å². The van der Waals surface area contributed by atoms with Crippen molar-refractivity contribution in [1.82, 2.24) is 5.32 Å². The molecular weight excluding hydrogens is 150 g/mol. The van der Waals surface area contributed by atoms with Gasteiger partial charge in [0.05, 0.1) is 5.60 Å². The minimum Gasteiger partial charge on any atom is -0.388 e. The Morgan fingerprint density at radius 1 is 1.42 bits per heavy atom. The quantitative estimate of drug-likeness (QED) is 0.653. The summed E-state index contributed by atoms with van der Waals surface area (Å²) in [5.41, 5.74) is -0.348. The van der Waals surface area contributed by atoms with Crippen molar-refractivity contribution >= 4 is 0 Å². The molecule has 0 radical (unpaired) electrons. The molecule has 0 saturated heterocycles. The van der Waals surface area contributed by atoms with E-state index in [1.54, 1.807) is 0 Å². The second-order valence-corrected chi connectivity index (χ2v) is 4.33. The highest BCUT2D eigenvalue weighted by atomic mass is 16.3. The standard InChI is InChI=1S/C10H19NO/c1-2-11-9-8-4-3-6-10(9,12)7-5-8/h8-9,11-12H,2-7H2,1H3. The van der Waals surface area contributed by atoms with Crippen LogP contribution in [0.5, 0.6) is 0 Å². The van der Waals surface area contributed by atoms with E-state index < -0.39 is 0 Å². The van der Waals surface area contributed by atoms with Gasteiger partial charge < -0.3 is 10.4 Å². The van der Waals surface area contributed by atoms with Gasteiger partial charge in [-0.2, -0.15) is 0 Å². The molecule has 0 heterocycles. The first-order valence-electron chi connectivity index (χ1n) is 5.22. The van der Waals surface area contributed by atoms with E-state index in [0.717, 1.165) is 25.3 Å². The molecule has 2 heteroatoms. The van der Waals surface area contributed by atoms with Gasteiger partial charge in [-0.05, 0) is 38.1 Å². The van der Waals surface area contributed by atoms with E-state index in [1.807, 2.05) is 0 Å². The van der Waals surface area contributed by atoms with E-state index in [1.165, 1.54) is 19.3 Å². The Morgan fingerprint density at radius 2 is 2.25 bits per heavy atom. The maximum absolute atomic E-state index is 10.3. The minimum atomic E-state index is -0.348. The molecule has 2 aliphatic carbocycles. The van der Waals surface area contributed by atoms with Gasteiger partial charge in [-0.15, -0.1) is 0 Å². The lowest BCUT2D eigenvalue weighted by molar-refractivity contribution is -0.0119. The lowest BCUT2D eigenvalue weighted by Crippen LogP contribution is -2.51. The Morgan fingerprint density at radius 3 is 2.92 bits per heavy atom. The smallest absolute Gasteiger partial charge is 0.0802 e. The van der Waals surface area contributed by atoms with Crippen LogP contribution in [-0.2, 0) is 0 Å². The monoisotopic (exact) mass is 169 g/mol. The molecule has 3 atom stereocenters. The zero-order chi connectivity index (χ0) is 8.60. The summed E-state index contributed by atoms with van der Waals surface area (Å²) in [4.78, 5) is 0. The summed E-state index contributed by atoms with van der Waals surface area (Å²) in [5, 5.41) is 13.7. The van der Waals surface area contributed by atoms with Crippen molar-refractivity contribution < 1.29 is 5.11 Å². The molecule has 2 nitrogen and oxygen atoms in total. The predicted molar refractivity (Wildman–Crippen MR) is 49.0 cm³/mol. The van der Waals surface area contributed by atoms with Crippen LogP contribution >= 0.6 is 0 Å². The number of aliphatic hydroxyl groups is 1. The number of likely N-dealkylation sites (N-methyl/N-ethyl adjacent to an activating group) is 1. The van der Waals surface area contributed by atoms with Crippen LogP contribution in [-0.4, -0.2) is 23.3 Å². The third-order valence-electron chi connectivity index (χ3n) is 3.61. The van der Waals surface area contributed by atoms with Crippen LogP contribution in [0.2, 0.25) is 0 Å². The topological polar surface area (TPSA) is 32.3 Å². The molecule has 0 aromatic carbocycles. The van der Waals surface area contributed by atoms with E-state index in [2.05, 4.69) is 12.2 Å². The molecule has 0 aliphatic heterocycles. The fraction of sp³-hybridized carbons (Fsp3) is 1.00. The molecule has 2 saturated carbocycles. The molecular formula is C10H19NO. The average Bonchev–Trinajstić information content (AvgIpc) is 2.27. The molecule has 2 bridgehead atoms. The van der Waals surface area contributed by atoms with Gasteiger partial charge in [-0.3, -0.25) is 0 Å². The zero-order valence-corrected chi connectivity index (χ0v) is 7.84. The average molecular weight is 169 g/mol. The van der Waals surface area contributed by atoms with Crippen LogP contribution in [0, 0.1) is 5.92 Å². The van der Waals surface area contributed by atoms with Gasteiger partial charge in [0.1, 0.15) is 0 Å². The normalized spacial score (nSPS) is 46.5. The third-order valence-corrected chi connectivity index (χ3v) is 3.61. The van der Waals surface area contributed by atoms with Crippen LogP contribution in [0.3, 0.4) is 0 Å². The van der Waals surface area contributed by atoms with E-state index in [-0.39, 0.29) is 5.60 Å². The Hall–Kier alpha value is -0.0800. The summed E-state index contributed by atoms with van der Waals surface area (Å²) in [7, 11) is 0. The minimum absolute atomic E-state index is 0.348. The van der Waals surface area contributed by atoms with Crippen molar-refractivity contribution in [2.45, 2.75) is 50.7 Å². The molecule has 2 aliphatic rings. The first-order chi connectivity index (χ1) is 5.76. The van der Waals surface area contributed by atoms with Crippen LogP contribution in [0.4, 0.5) is 0 Å². The van der Waals surface area contributed by atoms with Crippen LogP contribution < -0.4 is 5.32 Å². The van der Waals surface area contributed by atoms with Crippen molar-refractivity contribution in [3.05, 3.63) is 0 Å². The Bertz CT molecular complexity index is 167. The molecule has 2 fully saturated rings. The van der Waals surface area contributed by atoms with Gasteiger partial charge in [-0.1, -0.05) is 13.3 Å². The summed E-state index contributed by atoms with van der Waals surface area (Å²) in [6.45, 7) is 3.11. The first-order valence-corrected chi connectivity index (χ1v) is 5.22. The molecule has 2 rings (SSSR count). The van der Waals surface area contributed by atoms with Crippen LogP contribution in [0.25, 0.3) is 0 Å².